The maximum Gasteiger partial charge on any atom is 0.219 e. The van der Waals surface area contributed by atoms with Gasteiger partial charge in [0.05, 0.1) is 5.69 Å². The molecule has 0 unspecified atom stereocenters. The average Bonchev–Trinajstić information content (AvgIpc) is 2.38. The lowest BCUT2D eigenvalue weighted by atomic mass is 10.2. The second-order valence-electron chi connectivity index (χ2n) is 4.41. The molecule has 1 N–H and O–H groups in total. The Morgan fingerprint density at radius 1 is 1.28 bits per heavy atom. The number of nitrogens with zero attached hydrogens (tertiary/aromatic N) is 2. The highest BCUT2D eigenvalue weighted by Crippen LogP contribution is 2.23. The molecule has 0 aliphatic carbocycles. The van der Waals surface area contributed by atoms with E-state index in [-0.39, 0.29) is 11.7 Å². The molecule has 5 heteroatoms. The van der Waals surface area contributed by atoms with Crippen LogP contribution in [0.4, 0.5) is 15.8 Å². The molecule has 1 heterocycles. The van der Waals surface area contributed by atoms with Crippen molar-refractivity contribution in [1.82, 2.24) is 4.90 Å². The van der Waals surface area contributed by atoms with Gasteiger partial charge in [-0.05, 0) is 18.2 Å². The molecule has 98 valence electrons. The Bertz CT molecular complexity index is 442. The Morgan fingerprint density at radius 2 is 1.94 bits per heavy atom. The number of carbonyl (C=O) groups is 1. The fourth-order valence-corrected chi connectivity index (χ4v) is 2.18. The molecule has 0 bridgehead atoms. The Morgan fingerprint density at radius 3 is 2.44 bits per heavy atom. The SMILES string of the molecule is CNc1ccc(N2CCN(C(C)=O)CC2)c(F)c1. The summed E-state index contributed by atoms with van der Waals surface area (Å²) in [6.07, 6.45) is 0. The summed E-state index contributed by atoms with van der Waals surface area (Å²) in [5.41, 5.74) is 1.37. The van der Waals surface area contributed by atoms with Crippen LogP contribution in [-0.2, 0) is 4.79 Å². The van der Waals surface area contributed by atoms with Gasteiger partial charge in [-0.25, -0.2) is 4.39 Å². The first-order valence-electron chi connectivity index (χ1n) is 6.09. The van der Waals surface area contributed by atoms with E-state index in [2.05, 4.69) is 5.32 Å². The van der Waals surface area contributed by atoms with Crippen LogP contribution in [-0.4, -0.2) is 44.0 Å². The molecule has 0 aromatic heterocycles. The van der Waals surface area contributed by atoms with Gasteiger partial charge in [-0.3, -0.25) is 4.79 Å². The molecule has 1 amide bonds. The van der Waals surface area contributed by atoms with Crippen molar-refractivity contribution in [3.05, 3.63) is 24.0 Å². The summed E-state index contributed by atoms with van der Waals surface area (Å²) in [6.45, 7) is 4.23. The second kappa shape index (κ2) is 5.25. The van der Waals surface area contributed by atoms with E-state index in [0.29, 0.717) is 31.9 Å². The van der Waals surface area contributed by atoms with Gasteiger partial charge in [0, 0.05) is 45.8 Å². The van der Waals surface area contributed by atoms with Gasteiger partial charge < -0.3 is 15.1 Å². The fourth-order valence-electron chi connectivity index (χ4n) is 2.18. The Balaban J connectivity index is 2.07. The van der Waals surface area contributed by atoms with Gasteiger partial charge in [0.2, 0.25) is 5.91 Å². The first-order valence-corrected chi connectivity index (χ1v) is 6.09. The number of hydrogen-bond donors (Lipinski definition) is 1. The number of anilines is 2. The van der Waals surface area contributed by atoms with Crippen molar-refractivity contribution >= 4 is 17.3 Å². The van der Waals surface area contributed by atoms with Crippen LogP contribution in [0, 0.1) is 5.82 Å². The summed E-state index contributed by atoms with van der Waals surface area (Å²) in [5.74, 6) is -0.140. The van der Waals surface area contributed by atoms with Crippen molar-refractivity contribution in [3.63, 3.8) is 0 Å². The molecule has 1 aromatic carbocycles. The quantitative estimate of drug-likeness (QED) is 0.866. The zero-order valence-corrected chi connectivity index (χ0v) is 10.7. The molecule has 1 fully saturated rings. The van der Waals surface area contributed by atoms with Crippen LogP contribution in [0.15, 0.2) is 18.2 Å². The summed E-state index contributed by atoms with van der Waals surface area (Å²) in [6, 6.07) is 5.13. The number of nitrogens with one attached hydrogen (secondary N) is 1. The molecule has 2 rings (SSSR count). The van der Waals surface area contributed by atoms with Gasteiger partial charge in [0.25, 0.3) is 0 Å². The van der Waals surface area contributed by atoms with Crippen LogP contribution >= 0.6 is 0 Å². The standard InChI is InChI=1S/C13H18FN3O/c1-10(18)16-5-7-17(8-6-16)13-4-3-11(15-2)9-12(13)14/h3-4,9,15H,5-8H2,1-2H3. The van der Waals surface area contributed by atoms with Crippen molar-refractivity contribution in [2.24, 2.45) is 0 Å². The molecule has 4 nitrogen and oxygen atoms in total. The molecule has 18 heavy (non-hydrogen) atoms. The minimum atomic E-state index is -0.224. The van der Waals surface area contributed by atoms with Gasteiger partial charge in [0.15, 0.2) is 0 Å². The molecule has 0 spiro atoms. The molecule has 1 saturated heterocycles. The summed E-state index contributed by atoms with van der Waals surface area (Å²) < 4.78 is 13.9. The fraction of sp³-hybridized carbons (Fsp3) is 0.462. The number of hydrogen-bond acceptors (Lipinski definition) is 3. The number of halogens is 1. The Kier molecular flexibility index (Phi) is 3.69. The van der Waals surface area contributed by atoms with Gasteiger partial charge in [-0.15, -0.1) is 0 Å². The van der Waals surface area contributed by atoms with Crippen LogP contribution < -0.4 is 10.2 Å². The van der Waals surface area contributed by atoms with Gasteiger partial charge in [-0.2, -0.15) is 0 Å². The average molecular weight is 251 g/mol. The Hall–Kier alpha value is -1.78. The van der Waals surface area contributed by atoms with Crippen LogP contribution in [0.1, 0.15) is 6.92 Å². The van der Waals surface area contributed by atoms with Crippen molar-refractivity contribution in [3.8, 4) is 0 Å². The van der Waals surface area contributed by atoms with Crippen LogP contribution in [0.5, 0.6) is 0 Å². The monoisotopic (exact) mass is 251 g/mol. The van der Waals surface area contributed by atoms with E-state index >= 15 is 0 Å². The molecule has 0 saturated carbocycles. The minimum absolute atomic E-state index is 0.0839. The van der Waals surface area contributed by atoms with E-state index in [0.717, 1.165) is 5.69 Å². The van der Waals surface area contributed by atoms with Gasteiger partial charge in [-0.1, -0.05) is 0 Å². The molecule has 1 aliphatic heterocycles. The Labute approximate surface area is 106 Å². The molecule has 1 aliphatic rings. The van der Waals surface area contributed by atoms with Gasteiger partial charge >= 0.3 is 0 Å². The van der Waals surface area contributed by atoms with Crippen molar-refractivity contribution < 1.29 is 9.18 Å². The van der Waals surface area contributed by atoms with Crippen molar-refractivity contribution in [2.75, 3.05) is 43.4 Å². The number of amides is 1. The van der Waals surface area contributed by atoms with Crippen LogP contribution in [0.25, 0.3) is 0 Å². The summed E-state index contributed by atoms with van der Waals surface area (Å²) in [5, 5.41) is 2.91. The number of benzene rings is 1. The van der Waals surface area contributed by atoms with Gasteiger partial charge in [0.1, 0.15) is 5.82 Å². The highest BCUT2D eigenvalue weighted by atomic mass is 19.1. The molecule has 0 atom stereocenters. The number of piperazine rings is 1. The lowest BCUT2D eigenvalue weighted by molar-refractivity contribution is -0.129. The van der Waals surface area contributed by atoms with Crippen LogP contribution in [0.3, 0.4) is 0 Å². The predicted octanol–water partition coefficient (Wildman–Crippen LogP) is 1.54. The number of carbonyl (C=O) groups excluding carboxylic acids is 1. The maximum absolute atomic E-state index is 13.9. The molecular weight excluding hydrogens is 233 g/mol. The topological polar surface area (TPSA) is 35.6 Å². The molecule has 1 aromatic rings. The summed E-state index contributed by atoms with van der Waals surface area (Å²) in [7, 11) is 1.76. The molecular formula is C13H18FN3O. The first-order chi connectivity index (χ1) is 8.61. The summed E-state index contributed by atoms with van der Waals surface area (Å²) >= 11 is 0. The highest BCUT2D eigenvalue weighted by molar-refractivity contribution is 5.73. The van der Waals surface area contributed by atoms with E-state index in [1.54, 1.807) is 24.9 Å². The largest absolute Gasteiger partial charge is 0.388 e. The van der Waals surface area contributed by atoms with Crippen LogP contribution in [0.2, 0.25) is 0 Å². The summed E-state index contributed by atoms with van der Waals surface area (Å²) in [4.78, 5) is 15.0. The zero-order valence-electron chi connectivity index (χ0n) is 10.7. The first kappa shape index (κ1) is 12.7. The van der Waals surface area contributed by atoms with E-state index in [4.69, 9.17) is 0 Å². The minimum Gasteiger partial charge on any atom is -0.388 e. The number of rotatable bonds is 2. The zero-order chi connectivity index (χ0) is 13.1. The lowest BCUT2D eigenvalue weighted by Gasteiger charge is -2.35. The third-order valence-corrected chi connectivity index (χ3v) is 3.30. The van der Waals surface area contributed by atoms with Crippen molar-refractivity contribution in [1.29, 1.82) is 0 Å². The van der Waals surface area contributed by atoms with Crippen molar-refractivity contribution in [2.45, 2.75) is 6.92 Å². The normalized spacial score (nSPS) is 15.7. The van der Waals surface area contributed by atoms with E-state index in [1.165, 1.54) is 6.07 Å². The molecule has 0 radical (unpaired) electrons. The third-order valence-electron chi connectivity index (χ3n) is 3.30. The second-order valence-corrected chi connectivity index (χ2v) is 4.41. The lowest BCUT2D eigenvalue weighted by Crippen LogP contribution is -2.48. The third kappa shape index (κ3) is 2.55. The van der Waals surface area contributed by atoms with E-state index in [9.17, 15) is 9.18 Å². The highest BCUT2D eigenvalue weighted by Gasteiger charge is 2.20. The smallest absolute Gasteiger partial charge is 0.219 e. The maximum atomic E-state index is 13.9. The predicted molar refractivity (Wildman–Crippen MR) is 70.4 cm³/mol. The van der Waals surface area contributed by atoms with E-state index < -0.39 is 0 Å². The van der Waals surface area contributed by atoms with E-state index in [1.807, 2.05) is 11.0 Å².